The lowest BCUT2D eigenvalue weighted by atomic mass is 10.1. The second-order valence-corrected chi connectivity index (χ2v) is 6.94. The molecule has 0 aliphatic heterocycles. The third-order valence-corrected chi connectivity index (χ3v) is 5.06. The summed E-state index contributed by atoms with van der Waals surface area (Å²) < 4.78 is 27.1. The Hall–Kier alpha value is -1.43. The molecule has 4 nitrogen and oxygen atoms in total. The molecule has 0 spiro atoms. The molecule has 0 aliphatic carbocycles. The van der Waals surface area contributed by atoms with Gasteiger partial charge in [0.15, 0.2) is 0 Å². The number of sulfonamides is 1. The van der Waals surface area contributed by atoms with Crippen LogP contribution in [0, 0.1) is 0 Å². The molecule has 3 N–H and O–H groups in total. The van der Waals surface area contributed by atoms with Crippen LogP contribution in [-0.2, 0) is 16.4 Å². The summed E-state index contributed by atoms with van der Waals surface area (Å²) in [5.41, 5.74) is 7.73. The molecular weight excluding hydrogens is 331 g/mol. The van der Waals surface area contributed by atoms with Crippen molar-refractivity contribution in [2.45, 2.75) is 18.2 Å². The first kappa shape index (κ1) is 15.9. The largest absolute Gasteiger partial charge is 0.398 e. The van der Waals surface area contributed by atoms with Crippen molar-refractivity contribution in [3.63, 3.8) is 0 Å². The van der Waals surface area contributed by atoms with Crippen LogP contribution in [0.4, 0.5) is 11.4 Å². The minimum atomic E-state index is -3.82. The lowest BCUT2D eigenvalue weighted by Gasteiger charge is -2.11. The van der Waals surface area contributed by atoms with Gasteiger partial charge < -0.3 is 5.73 Å². The van der Waals surface area contributed by atoms with Gasteiger partial charge in [-0.2, -0.15) is 0 Å². The molecule has 0 saturated heterocycles. The highest BCUT2D eigenvalue weighted by Crippen LogP contribution is 2.27. The number of nitrogens with one attached hydrogen (secondary N) is 1. The molecule has 0 aromatic heterocycles. The average Bonchev–Trinajstić information content (AvgIpc) is 2.41. The van der Waals surface area contributed by atoms with Gasteiger partial charge in [-0.05, 0) is 42.3 Å². The van der Waals surface area contributed by atoms with Gasteiger partial charge in [0.2, 0.25) is 0 Å². The first-order valence-electron chi connectivity index (χ1n) is 6.19. The van der Waals surface area contributed by atoms with Crippen LogP contribution in [0.15, 0.2) is 41.3 Å². The molecule has 2 rings (SSSR count). The van der Waals surface area contributed by atoms with Crippen molar-refractivity contribution in [1.82, 2.24) is 0 Å². The Bertz CT molecular complexity index is 777. The Morgan fingerprint density at radius 1 is 1.14 bits per heavy atom. The highest BCUT2D eigenvalue weighted by Gasteiger charge is 2.18. The molecule has 0 bridgehead atoms. The van der Waals surface area contributed by atoms with Crippen LogP contribution < -0.4 is 10.5 Å². The van der Waals surface area contributed by atoms with E-state index in [1.54, 1.807) is 18.2 Å². The molecule has 7 heteroatoms. The van der Waals surface area contributed by atoms with Crippen molar-refractivity contribution in [2.75, 3.05) is 10.5 Å². The fourth-order valence-corrected chi connectivity index (χ4v) is 3.69. The maximum absolute atomic E-state index is 12.3. The van der Waals surface area contributed by atoms with Crippen molar-refractivity contribution in [1.29, 1.82) is 0 Å². The average molecular weight is 345 g/mol. The van der Waals surface area contributed by atoms with Gasteiger partial charge in [-0.25, -0.2) is 8.42 Å². The van der Waals surface area contributed by atoms with E-state index in [1.165, 1.54) is 18.2 Å². The quantitative estimate of drug-likeness (QED) is 0.825. The number of halogens is 2. The summed E-state index contributed by atoms with van der Waals surface area (Å²) in [4.78, 5) is -0.0743. The van der Waals surface area contributed by atoms with E-state index in [0.717, 1.165) is 12.0 Å². The summed E-state index contributed by atoms with van der Waals surface area (Å²) in [5.74, 6) is 0. The zero-order valence-electron chi connectivity index (χ0n) is 11.2. The predicted octanol–water partition coefficient (Wildman–Crippen LogP) is 3.94. The minimum Gasteiger partial charge on any atom is -0.398 e. The van der Waals surface area contributed by atoms with Crippen LogP contribution in [0.1, 0.15) is 12.5 Å². The van der Waals surface area contributed by atoms with E-state index in [1.807, 2.05) is 6.92 Å². The number of nitrogen functional groups attached to an aromatic ring is 1. The molecule has 0 amide bonds. The van der Waals surface area contributed by atoms with E-state index in [4.69, 9.17) is 28.9 Å². The lowest BCUT2D eigenvalue weighted by molar-refractivity contribution is 0.601. The highest BCUT2D eigenvalue weighted by molar-refractivity contribution is 7.92. The molecule has 0 fully saturated rings. The molecule has 0 aliphatic rings. The summed E-state index contributed by atoms with van der Waals surface area (Å²) in [6, 6.07) is 9.28. The number of aryl methyl sites for hydroxylation is 1. The van der Waals surface area contributed by atoms with Crippen molar-refractivity contribution in [2.24, 2.45) is 0 Å². The van der Waals surface area contributed by atoms with Gasteiger partial charge >= 0.3 is 0 Å². The van der Waals surface area contributed by atoms with Gasteiger partial charge in [0.1, 0.15) is 4.90 Å². The Kier molecular flexibility index (Phi) is 4.66. The van der Waals surface area contributed by atoms with E-state index in [9.17, 15) is 8.42 Å². The summed E-state index contributed by atoms with van der Waals surface area (Å²) in [6.45, 7) is 1.97. The van der Waals surface area contributed by atoms with Gasteiger partial charge in [0.05, 0.1) is 10.7 Å². The molecule has 2 aromatic rings. The van der Waals surface area contributed by atoms with Crippen LogP contribution in [0.25, 0.3) is 0 Å². The van der Waals surface area contributed by atoms with Crippen molar-refractivity contribution in [3.8, 4) is 0 Å². The Labute approximate surface area is 133 Å². The smallest absolute Gasteiger partial charge is 0.263 e. The van der Waals surface area contributed by atoms with Crippen molar-refractivity contribution in [3.05, 3.63) is 52.0 Å². The molecule has 2 aromatic carbocycles. The highest BCUT2D eigenvalue weighted by atomic mass is 35.5. The number of benzene rings is 2. The summed E-state index contributed by atoms with van der Waals surface area (Å²) in [7, 11) is -3.82. The molecule has 112 valence electrons. The number of rotatable bonds is 4. The maximum Gasteiger partial charge on any atom is 0.263 e. The SMILES string of the molecule is CCc1ccc(NS(=O)(=O)c2cc(Cl)ccc2Cl)cc1N. The van der Waals surface area contributed by atoms with E-state index < -0.39 is 10.0 Å². The lowest BCUT2D eigenvalue weighted by Crippen LogP contribution is -2.13. The van der Waals surface area contributed by atoms with Gasteiger partial charge in [-0.15, -0.1) is 0 Å². The second-order valence-electron chi connectivity index (χ2n) is 4.45. The Morgan fingerprint density at radius 2 is 1.86 bits per heavy atom. The van der Waals surface area contributed by atoms with Gasteiger partial charge in [0, 0.05) is 10.7 Å². The fraction of sp³-hybridized carbons (Fsp3) is 0.143. The van der Waals surface area contributed by atoms with Crippen molar-refractivity contribution < 1.29 is 8.42 Å². The zero-order chi connectivity index (χ0) is 15.6. The predicted molar refractivity (Wildman–Crippen MR) is 87.5 cm³/mol. The van der Waals surface area contributed by atoms with Gasteiger partial charge in [-0.3, -0.25) is 4.72 Å². The third-order valence-electron chi connectivity index (χ3n) is 2.96. The first-order valence-corrected chi connectivity index (χ1v) is 8.43. The van der Waals surface area contributed by atoms with E-state index in [0.29, 0.717) is 16.4 Å². The Balaban J connectivity index is 2.37. The van der Waals surface area contributed by atoms with Gasteiger partial charge in [-0.1, -0.05) is 36.2 Å². The minimum absolute atomic E-state index is 0.0743. The first-order chi connectivity index (χ1) is 9.83. The van der Waals surface area contributed by atoms with E-state index in [2.05, 4.69) is 4.72 Å². The standard InChI is InChI=1S/C14H14Cl2N2O2S/c1-2-9-3-5-11(8-13(9)17)18-21(19,20)14-7-10(15)4-6-12(14)16/h3-8,18H,2,17H2,1H3. The van der Waals surface area contributed by atoms with Crippen LogP contribution in [0.2, 0.25) is 10.0 Å². The summed E-state index contributed by atoms with van der Waals surface area (Å²) in [6.07, 6.45) is 0.777. The summed E-state index contributed by atoms with van der Waals surface area (Å²) in [5, 5.41) is 0.394. The monoisotopic (exact) mass is 344 g/mol. The zero-order valence-corrected chi connectivity index (χ0v) is 13.6. The van der Waals surface area contributed by atoms with Gasteiger partial charge in [0.25, 0.3) is 10.0 Å². The van der Waals surface area contributed by atoms with Crippen LogP contribution in [-0.4, -0.2) is 8.42 Å². The van der Waals surface area contributed by atoms with E-state index in [-0.39, 0.29) is 9.92 Å². The van der Waals surface area contributed by atoms with Crippen LogP contribution in [0.3, 0.4) is 0 Å². The van der Waals surface area contributed by atoms with Crippen molar-refractivity contribution >= 4 is 44.6 Å². The normalized spacial score (nSPS) is 11.4. The maximum atomic E-state index is 12.3. The van der Waals surface area contributed by atoms with Crippen LogP contribution >= 0.6 is 23.2 Å². The molecular formula is C14H14Cl2N2O2S. The topological polar surface area (TPSA) is 72.2 Å². The summed E-state index contributed by atoms with van der Waals surface area (Å²) >= 11 is 11.7. The molecule has 0 unspecified atom stereocenters. The number of anilines is 2. The number of hydrogen-bond donors (Lipinski definition) is 2. The molecule has 21 heavy (non-hydrogen) atoms. The molecule has 0 heterocycles. The second kappa shape index (κ2) is 6.13. The third kappa shape index (κ3) is 3.61. The molecule has 0 atom stereocenters. The fourth-order valence-electron chi connectivity index (χ4n) is 1.87. The molecule has 0 saturated carbocycles. The van der Waals surface area contributed by atoms with Crippen LogP contribution in [0.5, 0.6) is 0 Å². The number of hydrogen-bond acceptors (Lipinski definition) is 3. The van der Waals surface area contributed by atoms with E-state index >= 15 is 0 Å². The number of nitrogens with two attached hydrogens (primary N) is 1. The Morgan fingerprint density at radius 3 is 2.48 bits per heavy atom. The molecule has 0 radical (unpaired) electrons.